The quantitative estimate of drug-likeness (QED) is 0.356. The van der Waals surface area contributed by atoms with Gasteiger partial charge in [-0.1, -0.05) is 29.5 Å². The second-order valence-corrected chi connectivity index (χ2v) is 10.1. The SMILES string of the molecule is C[C@@H](N1CCN(c2cccc(OCc3cccs3)n2)CC1)[C@](O)(Cn1ccnn1)c1cccc(F)c1F. The minimum absolute atomic E-state index is 0.0695. The number of thiophene rings is 1. The third-order valence-electron chi connectivity index (χ3n) is 6.82. The number of aromatic nitrogens is 4. The van der Waals surface area contributed by atoms with Crippen LogP contribution in [0.2, 0.25) is 0 Å². The molecule has 4 heterocycles. The van der Waals surface area contributed by atoms with Crippen molar-refractivity contribution in [2.75, 3.05) is 31.1 Å². The van der Waals surface area contributed by atoms with Gasteiger partial charge in [0, 0.05) is 54.9 Å². The van der Waals surface area contributed by atoms with Gasteiger partial charge in [0.2, 0.25) is 5.88 Å². The zero-order valence-corrected chi connectivity index (χ0v) is 21.2. The van der Waals surface area contributed by atoms with Crippen molar-refractivity contribution in [2.45, 2.75) is 31.7 Å². The van der Waals surface area contributed by atoms with E-state index in [1.165, 1.54) is 23.0 Å². The summed E-state index contributed by atoms with van der Waals surface area (Å²) in [5, 5.41) is 21.6. The zero-order chi connectivity index (χ0) is 25.8. The van der Waals surface area contributed by atoms with Crippen molar-refractivity contribution < 1.29 is 18.6 Å². The lowest BCUT2D eigenvalue weighted by atomic mass is 9.85. The standard InChI is InChI=1S/C26H28F2N6O2S/c1-19(26(35,18-34-11-10-29-31-34)21-6-2-7-22(27)25(21)28)32-12-14-33(15-13-32)23-8-3-9-24(30-23)36-17-20-5-4-16-37-20/h2-11,16,19,35H,12-15,17-18H2,1H3/t19-,26-/m1/s1. The molecule has 1 aliphatic heterocycles. The molecule has 5 rings (SSSR count). The summed E-state index contributed by atoms with van der Waals surface area (Å²) in [7, 11) is 0. The summed E-state index contributed by atoms with van der Waals surface area (Å²) >= 11 is 1.64. The van der Waals surface area contributed by atoms with Crippen molar-refractivity contribution >= 4 is 17.2 Å². The second kappa shape index (κ2) is 10.9. The Hall–Kier alpha value is -3.41. The van der Waals surface area contributed by atoms with Gasteiger partial charge in [-0.25, -0.2) is 13.5 Å². The van der Waals surface area contributed by atoms with Crippen LogP contribution in [-0.2, 0) is 18.8 Å². The van der Waals surface area contributed by atoms with Crippen molar-refractivity contribution in [3.8, 4) is 5.88 Å². The van der Waals surface area contributed by atoms with E-state index >= 15 is 0 Å². The molecule has 0 aliphatic carbocycles. The van der Waals surface area contributed by atoms with Gasteiger partial charge in [-0.15, -0.1) is 16.4 Å². The molecular weight excluding hydrogens is 498 g/mol. The molecule has 0 amide bonds. The van der Waals surface area contributed by atoms with Crippen LogP contribution in [0, 0.1) is 11.6 Å². The van der Waals surface area contributed by atoms with Crippen molar-refractivity contribution in [3.63, 3.8) is 0 Å². The highest BCUT2D eigenvalue weighted by molar-refractivity contribution is 7.09. The minimum atomic E-state index is -1.74. The molecule has 0 unspecified atom stereocenters. The van der Waals surface area contributed by atoms with Crippen molar-refractivity contribution in [1.29, 1.82) is 0 Å². The van der Waals surface area contributed by atoms with E-state index in [9.17, 15) is 13.9 Å². The zero-order valence-electron chi connectivity index (χ0n) is 20.4. The molecule has 0 radical (unpaired) electrons. The van der Waals surface area contributed by atoms with Crippen LogP contribution in [0.15, 0.2) is 66.3 Å². The van der Waals surface area contributed by atoms with Crippen molar-refractivity contribution in [3.05, 3.63) is 88.4 Å². The van der Waals surface area contributed by atoms with Crippen molar-refractivity contribution in [1.82, 2.24) is 24.9 Å². The average Bonchev–Trinajstić information content (AvgIpc) is 3.63. The third-order valence-corrected chi connectivity index (χ3v) is 7.67. The van der Waals surface area contributed by atoms with Gasteiger partial charge in [-0.2, -0.15) is 4.98 Å². The lowest BCUT2D eigenvalue weighted by Gasteiger charge is -2.45. The van der Waals surface area contributed by atoms with Gasteiger partial charge in [0.1, 0.15) is 18.0 Å². The molecule has 1 saturated heterocycles. The number of pyridine rings is 1. The normalized spacial score (nSPS) is 16.9. The maximum Gasteiger partial charge on any atom is 0.215 e. The van der Waals surface area contributed by atoms with Crippen LogP contribution in [0.3, 0.4) is 0 Å². The molecule has 0 spiro atoms. The fraction of sp³-hybridized carbons (Fsp3) is 0.346. The maximum absolute atomic E-state index is 14.9. The van der Waals surface area contributed by atoms with Crippen LogP contribution in [-0.4, -0.2) is 62.2 Å². The largest absolute Gasteiger partial charge is 0.472 e. The number of piperazine rings is 1. The number of nitrogens with zero attached hydrogens (tertiary/aromatic N) is 6. The van der Waals surface area contributed by atoms with Crippen LogP contribution in [0.1, 0.15) is 17.4 Å². The smallest absolute Gasteiger partial charge is 0.215 e. The Balaban J connectivity index is 1.29. The van der Waals surface area contributed by atoms with Crippen LogP contribution < -0.4 is 9.64 Å². The Kier molecular flexibility index (Phi) is 7.45. The first kappa shape index (κ1) is 25.2. The van der Waals surface area contributed by atoms with E-state index in [4.69, 9.17) is 4.74 Å². The molecule has 1 fully saturated rings. The van der Waals surface area contributed by atoms with Crippen molar-refractivity contribution in [2.24, 2.45) is 0 Å². The molecule has 194 valence electrons. The first-order valence-corrected chi connectivity index (χ1v) is 12.9. The highest BCUT2D eigenvalue weighted by Gasteiger charge is 2.43. The molecule has 0 bridgehead atoms. The topological polar surface area (TPSA) is 79.5 Å². The van der Waals surface area contributed by atoms with Crippen LogP contribution >= 0.6 is 11.3 Å². The Morgan fingerprint density at radius 2 is 1.89 bits per heavy atom. The molecule has 4 aromatic rings. The Morgan fingerprint density at radius 1 is 1.08 bits per heavy atom. The molecule has 1 aromatic carbocycles. The summed E-state index contributed by atoms with van der Waals surface area (Å²) in [6, 6.07) is 13.1. The molecular formula is C26H28F2N6O2S. The number of aliphatic hydroxyl groups is 1. The number of ether oxygens (including phenoxy) is 1. The highest BCUT2D eigenvalue weighted by Crippen LogP contribution is 2.34. The van der Waals surface area contributed by atoms with E-state index in [2.05, 4.69) is 25.1 Å². The molecule has 2 atom stereocenters. The number of hydrogen-bond donors (Lipinski definition) is 1. The van der Waals surface area contributed by atoms with Gasteiger partial charge in [-0.05, 0) is 30.5 Å². The van der Waals surface area contributed by atoms with Crippen LogP contribution in [0.5, 0.6) is 5.88 Å². The number of rotatable bonds is 9. The van der Waals surface area contributed by atoms with Gasteiger partial charge in [0.15, 0.2) is 11.6 Å². The summed E-state index contributed by atoms with van der Waals surface area (Å²) in [5.74, 6) is -0.687. The van der Waals surface area contributed by atoms with E-state index in [0.717, 1.165) is 16.8 Å². The Labute approximate surface area is 217 Å². The molecule has 1 aliphatic rings. The number of halogens is 2. The van der Waals surface area contributed by atoms with Crippen LogP contribution in [0.4, 0.5) is 14.6 Å². The lowest BCUT2D eigenvalue weighted by molar-refractivity contribution is -0.0655. The van der Waals surface area contributed by atoms with E-state index in [0.29, 0.717) is 38.7 Å². The van der Waals surface area contributed by atoms with E-state index in [1.807, 2.05) is 42.6 Å². The van der Waals surface area contributed by atoms with Gasteiger partial charge in [0.05, 0.1) is 12.7 Å². The summed E-state index contributed by atoms with van der Waals surface area (Å²) < 4.78 is 36.3. The fourth-order valence-corrected chi connectivity index (χ4v) is 5.30. The summed E-state index contributed by atoms with van der Waals surface area (Å²) in [6.07, 6.45) is 3.07. The molecule has 3 aromatic heterocycles. The number of hydrogen-bond acceptors (Lipinski definition) is 8. The molecule has 37 heavy (non-hydrogen) atoms. The van der Waals surface area contributed by atoms with E-state index in [1.54, 1.807) is 17.5 Å². The van der Waals surface area contributed by atoms with Gasteiger partial charge < -0.3 is 14.7 Å². The summed E-state index contributed by atoms with van der Waals surface area (Å²) in [5.41, 5.74) is -1.84. The van der Waals surface area contributed by atoms with Gasteiger partial charge in [0.25, 0.3) is 0 Å². The maximum atomic E-state index is 14.9. The lowest BCUT2D eigenvalue weighted by Crippen LogP contribution is -2.57. The average molecular weight is 527 g/mol. The predicted octanol–water partition coefficient (Wildman–Crippen LogP) is 3.69. The molecule has 0 saturated carbocycles. The van der Waals surface area contributed by atoms with Gasteiger partial charge >= 0.3 is 0 Å². The monoisotopic (exact) mass is 526 g/mol. The third kappa shape index (κ3) is 5.48. The van der Waals surface area contributed by atoms with E-state index < -0.39 is 23.3 Å². The molecule has 1 N–H and O–H groups in total. The highest BCUT2D eigenvalue weighted by atomic mass is 32.1. The molecule has 11 heteroatoms. The molecule has 8 nitrogen and oxygen atoms in total. The first-order chi connectivity index (χ1) is 17.9. The van der Waals surface area contributed by atoms with Gasteiger partial charge in [-0.3, -0.25) is 4.90 Å². The minimum Gasteiger partial charge on any atom is -0.472 e. The van der Waals surface area contributed by atoms with Crippen LogP contribution in [0.25, 0.3) is 0 Å². The van der Waals surface area contributed by atoms with E-state index in [-0.39, 0.29) is 12.1 Å². The predicted molar refractivity (Wildman–Crippen MR) is 136 cm³/mol. The first-order valence-electron chi connectivity index (χ1n) is 12.1. The number of benzene rings is 1. The number of anilines is 1. The Morgan fingerprint density at radius 3 is 2.62 bits per heavy atom. The summed E-state index contributed by atoms with van der Waals surface area (Å²) in [6.45, 7) is 4.72. The second-order valence-electron chi connectivity index (χ2n) is 9.03. The summed E-state index contributed by atoms with van der Waals surface area (Å²) in [4.78, 5) is 10.0. The fourth-order valence-electron chi connectivity index (χ4n) is 4.69. The Bertz CT molecular complexity index is 1300.